The zero-order valence-electron chi connectivity index (χ0n) is 3.38. The summed E-state index contributed by atoms with van der Waals surface area (Å²) in [6.45, 7) is 0. The Balaban J connectivity index is 2.55. The lowest BCUT2D eigenvalue weighted by molar-refractivity contribution is 0.264. The molecule has 0 aromatic heterocycles. The first-order valence-corrected chi connectivity index (χ1v) is 3.10. The summed E-state index contributed by atoms with van der Waals surface area (Å²) in [7, 11) is 0. The fourth-order valence-corrected chi connectivity index (χ4v) is 1.09. The molecule has 1 rings (SSSR count). The molecule has 0 aromatic rings. The number of carbonyl (C=O) groups is 1. The molecule has 2 nitrogen and oxygen atoms in total. The molecule has 1 amide bonds. The van der Waals surface area contributed by atoms with E-state index in [1.165, 1.54) is 0 Å². The Hall–Kier alpha value is -0.0900. The van der Waals surface area contributed by atoms with E-state index < -0.39 is 0 Å². The molecule has 0 aliphatic carbocycles. The fraction of sp³-hybridized carbons (Fsp3) is 0.333. The molecule has 1 aliphatic rings. The van der Waals surface area contributed by atoms with Gasteiger partial charge in [-0.25, -0.2) is 0 Å². The summed E-state index contributed by atoms with van der Waals surface area (Å²) >= 11 is 5.75. The summed E-state index contributed by atoms with van der Waals surface area (Å²) in [6, 6.07) is 0. The number of amides is 1. The second-order valence-corrected chi connectivity index (χ2v) is 2.46. The van der Waals surface area contributed by atoms with Crippen LogP contribution in [-0.2, 0) is 0 Å². The van der Waals surface area contributed by atoms with Gasteiger partial charge in [0.25, 0.3) is 0 Å². The molecule has 1 aliphatic heterocycles. The topological polar surface area (TPSA) is 31.2 Å². The van der Waals surface area contributed by atoms with Gasteiger partial charge in [0.15, 0.2) is 0 Å². The molecule has 0 aromatic carbocycles. The highest BCUT2D eigenvalue weighted by Gasteiger charge is 2.16. The van der Waals surface area contributed by atoms with Gasteiger partial charge in [0, 0.05) is 0 Å². The van der Waals surface area contributed by atoms with Gasteiger partial charge >= 0.3 is 5.24 Å². The first kappa shape index (κ1) is 5.05. The van der Waals surface area contributed by atoms with Crippen LogP contribution in [0, 0.1) is 0 Å². The number of carbonyl (C=O) groups excluding carboxylic acids is 1. The summed E-state index contributed by atoms with van der Waals surface area (Å²) in [5.74, 6) is 0.605. The van der Waals surface area contributed by atoms with E-state index in [-0.39, 0.29) is 5.24 Å². The molecule has 0 spiro atoms. The Morgan fingerprint density at radius 2 is 2.57 bits per heavy atom. The van der Waals surface area contributed by atoms with Crippen LogP contribution < -0.4 is 5.32 Å². The van der Waals surface area contributed by atoms with Crippen LogP contribution in [0.5, 0.6) is 0 Å². The molecule has 0 atom stereocenters. The fourth-order valence-electron chi connectivity index (χ4n) is 0.290. The van der Waals surface area contributed by atoms with Crippen molar-refractivity contribution in [2.75, 3.05) is 5.75 Å². The van der Waals surface area contributed by atoms with Crippen LogP contribution >= 0.6 is 24.0 Å². The Bertz CT molecular complexity index is 108. The van der Waals surface area contributed by atoms with Gasteiger partial charge < -0.3 is 0 Å². The third kappa shape index (κ3) is 1.14. The minimum absolute atomic E-state index is 0.148. The van der Waals surface area contributed by atoms with Gasteiger partial charge in [-0.05, 0) is 0 Å². The normalized spacial score (nSPS) is 20.0. The summed E-state index contributed by atoms with van der Waals surface area (Å²) < 4.78 is 0. The molecule has 1 radical (unpaired) electrons. The van der Waals surface area contributed by atoms with Crippen LogP contribution in [0.1, 0.15) is 0 Å². The van der Waals surface area contributed by atoms with Crippen LogP contribution in [0.3, 0.4) is 0 Å². The van der Waals surface area contributed by atoms with Gasteiger partial charge in [-0.3, -0.25) is 4.79 Å². The zero-order chi connectivity index (χ0) is 5.28. The highest BCUT2D eigenvalue weighted by molar-refractivity contribution is 8.15. The van der Waals surface area contributed by atoms with Gasteiger partial charge in [-0.2, -0.15) is 5.32 Å². The van der Waals surface area contributed by atoms with E-state index in [1.54, 1.807) is 0 Å². The Kier molecular flexibility index (Phi) is 1.30. The maximum absolute atomic E-state index is 10.2. The van der Waals surface area contributed by atoms with Crippen molar-refractivity contribution in [3.63, 3.8) is 0 Å². The van der Waals surface area contributed by atoms with Crippen molar-refractivity contribution in [3.8, 4) is 0 Å². The van der Waals surface area contributed by atoms with E-state index in [4.69, 9.17) is 0 Å². The van der Waals surface area contributed by atoms with Crippen LogP contribution in [0.2, 0.25) is 0 Å². The maximum Gasteiger partial charge on any atom is 0.306 e. The standard InChI is InChI=1S/C3H2NOS2/c5-3-4-2(6)1-7-3/h1H2. The zero-order valence-corrected chi connectivity index (χ0v) is 5.01. The van der Waals surface area contributed by atoms with Crippen molar-refractivity contribution in [1.29, 1.82) is 0 Å². The lowest BCUT2D eigenvalue weighted by atomic mass is 10.8. The molecular weight excluding hydrogens is 130 g/mol. The summed E-state index contributed by atoms with van der Waals surface area (Å²) in [5, 5.41) is 3.30. The highest BCUT2D eigenvalue weighted by atomic mass is 32.2. The maximum atomic E-state index is 10.2. The van der Waals surface area contributed by atoms with Crippen LogP contribution in [0.4, 0.5) is 4.79 Å². The average Bonchev–Trinajstić information content (AvgIpc) is 1.87. The molecule has 37 valence electrons. The smallest absolute Gasteiger partial charge is 0.259 e. The highest BCUT2D eigenvalue weighted by Crippen LogP contribution is 2.09. The van der Waals surface area contributed by atoms with Crippen LogP contribution in [0.25, 0.3) is 0 Å². The van der Waals surface area contributed by atoms with Crippen molar-refractivity contribution in [2.45, 2.75) is 0 Å². The number of rotatable bonds is 0. The number of hydrogen-bond donors (Lipinski definition) is 0. The molecule has 1 heterocycles. The van der Waals surface area contributed by atoms with Gasteiger partial charge in [0.05, 0.1) is 5.75 Å². The molecule has 0 bridgehead atoms. The summed E-state index contributed by atoms with van der Waals surface area (Å²) in [4.78, 5) is 10.7. The first-order chi connectivity index (χ1) is 3.29. The third-order valence-electron chi connectivity index (χ3n) is 0.535. The second-order valence-electron chi connectivity index (χ2n) is 1.06. The summed E-state index contributed by atoms with van der Waals surface area (Å²) in [5.41, 5.74) is 0. The Morgan fingerprint density at radius 3 is 2.71 bits per heavy atom. The van der Waals surface area contributed by atoms with Crippen LogP contribution in [0.15, 0.2) is 0 Å². The number of hydrogen-bond acceptors (Lipinski definition) is 3. The molecule has 0 unspecified atom stereocenters. The predicted octanol–water partition coefficient (Wildman–Crippen LogP) is 0.785. The van der Waals surface area contributed by atoms with E-state index >= 15 is 0 Å². The first-order valence-electron chi connectivity index (χ1n) is 1.70. The van der Waals surface area contributed by atoms with Crippen molar-refractivity contribution in [1.82, 2.24) is 5.32 Å². The van der Waals surface area contributed by atoms with E-state index in [0.29, 0.717) is 10.7 Å². The molecular formula is C3H2NOS2. The Labute approximate surface area is 50.7 Å². The molecule has 1 fully saturated rings. The van der Waals surface area contributed by atoms with Crippen molar-refractivity contribution in [2.24, 2.45) is 0 Å². The predicted molar refractivity (Wildman–Crippen MR) is 32.6 cm³/mol. The van der Waals surface area contributed by atoms with Gasteiger partial charge in [-0.1, -0.05) is 24.0 Å². The SMILES string of the molecule is O=C1[N]C(=S)CS1. The minimum atomic E-state index is -0.148. The van der Waals surface area contributed by atoms with E-state index in [1.807, 2.05) is 0 Å². The molecule has 0 saturated carbocycles. The van der Waals surface area contributed by atoms with Crippen LogP contribution in [-0.4, -0.2) is 16.0 Å². The van der Waals surface area contributed by atoms with E-state index in [2.05, 4.69) is 17.5 Å². The third-order valence-corrected chi connectivity index (χ3v) is 1.71. The van der Waals surface area contributed by atoms with E-state index in [0.717, 1.165) is 11.8 Å². The lowest BCUT2D eigenvalue weighted by Gasteiger charge is -1.75. The molecule has 1 saturated heterocycles. The van der Waals surface area contributed by atoms with Crippen molar-refractivity contribution < 1.29 is 4.79 Å². The monoisotopic (exact) mass is 132 g/mol. The number of thiocarbonyl (C=S) groups is 1. The second kappa shape index (κ2) is 1.79. The Morgan fingerprint density at radius 1 is 1.86 bits per heavy atom. The van der Waals surface area contributed by atoms with Crippen molar-refractivity contribution in [3.05, 3.63) is 0 Å². The molecule has 4 heteroatoms. The van der Waals surface area contributed by atoms with Gasteiger partial charge in [-0.15, -0.1) is 0 Å². The molecule has 7 heavy (non-hydrogen) atoms. The van der Waals surface area contributed by atoms with Gasteiger partial charge in [0.2, 0.25) is 0 Å². The number of nitrogens with zero attached hydrogens (tertiary/aromatic N) is 1. The summed E-state index contributed by atoms with van der Waals surface area (Å²) in [6.07, 6.45) is 0. The quantitative estimate of drug-likeness (QED) is 0.456. The molecule has 0 N–H and O–H groups in total. The number of thioether (sulfide) groups is 1. The van der Waals surface area contributed by atoms with Gasteiger partial charge in [0.1, 0.15) is 4.99 Å². The largest absolute Gasteiger partial charge is 0.306 e. The lowest BCUT2D eigenvalue weighted by Crippen LogP contribution is -2.06. The minimum Gasteiger partial charge on any atom is -0.259 e. The van der Waals surface area contributed by atoms with Crippen molar-refractivity contribution >= 4 is 34.2 Å². The average molecular weight is 132 g/mol. The van der Waals surface area contributed by atoms with E-state index in [9.17, 15) is 4.79 Å².